The highest BCUT2D eigenvalue weighted by Gasteiger charge is 2.20. The van der Waals surface area contributed by atoms with Crippen LogP contribution >= 0.6 is 0 Å². The highest BCUT2D eigenvalue weighted by molar-refractivity contribution is 5.34. The number of imidazole rings is 1. The molecule has 4 aromatic rings. The zero-order chi connectivity index (χ0) is 18.5. The van der Waals surface area contributed by atoms with E-state index in [9.17, 15) is 0 Å². The van der Waals surface area contributed by atoms with E-state index in [1.807, 2.05) is 79.4 Å². The number of hydrogen-bond acceptors (Lipinski definition) is 3. The summed E-state index contributed by atoms with van der Waals surface area (Å²) in [7, 11) is 0. The van der Waals surface area contributed by atoms with Crippen LogP contribution in [0.15, 0.2) is 91.5 Å². The van der Waals surface area contributed by atoms with Crippen LogP contribution in [-0.2, 0) is 6.42 Å². The van der Waals surface area contributed by atoms with Gasteiger partial charge in [0.2, 0.25) is 0 Å². The molecule has 0 saturated heterocycles. The molecule has 4 nitrogen and oxygen atoms in total. The Bertz CT molecular complexity index is 1010. The lowest BCUT2D eigenvalue weighted by molar-refractivity contribution is 0.632. The molecule has 130 valence electrons. The number of rotatable bonds is 5. The van der Waals surface area contributed by atoms with E-state index in [2.05, 4.69) is 32.7 Å². The fraction of sp³-hybridized carbons (Fsp3) is 0.0870. The topological polar surface area (TPSA) is 54.5 Å². The van der Waals surface area contributed by atoms with Crippen LogP contribution in [0.3, 0.4) is 0 Å². The van der Waals surface area contributed by atoms with E-state index in [1.54, 1.807) is 0 Å². The first-order valence-electron chi connectivity index (χ1n) is 8.81. The summed E-state index contributed by atoms with van der Waals surface area (Å²) in [6.45, 7) is 0. The summed E-state index contributed by atoms with van der Waals surface area (Å²) in [6, 6.07) is 26.1. The van der Waals surface area contributed by atoms with Crippen molar-refractivity contribution in [3.63, 3.8) is 0 Å². The molecule has 0 N–H and O–H groups in total. The molecule has 0 saturated carbocycles. The number of nitriles is 1. The monoisotopic (exact) mass is 350 g/mol. The lowest BCUT2D eigenvalue weighted by Gasteiger charge is -2.21. The van der Waals surface area contributed by atoms with Crippen molar-refractivity contribution in [3.05, 3.63) is 120 Å². The van der Waals surface area contributed by atoms with Gasteiger partial charge >= 0.3 is 0 Å². The molecule has 0 bridgehead atoms. The third-order valence-corrected chi connectivity index (χ3v) is 4.58. The van der Waals surface area contributed by atoms with Crippen LogP contribution in [0.1, 0.15) is 34.1 Å². The molecule has 0 spiro atoms. The minimum atomic E-state index is -0.0386. The second-order valence-corrected chi connectivity index (χ2v) is 6.35. The maximum atomic E-state index is 8.98. The predicted molar refractivity (Wildman–Crippen MR) is 104 cm³/mol. The molecule has 2 heterocycles. The van der Waals surface area contributed by atoms with Gasteiger partial charge in [0.25, 0.3) is 0 Å². The number of benzene rings is 2. The second-order valence-electron chi connectivity index (χ2n) is 6.35. The van der Waals surface area contributed by atoms with E-state index < -0.39 is 0 Å². The Kier molecular flexibility index (Phi) is 4.76. The summed E-state index contributed by atoms with van der Waals surface area (Å²) in [5.41, 5.74) is 5.05. The van der Waals surface area contributed by atoms with Crippen molar-refractivity contribution in [3.8, 4) is 6.07 Å². The van der Waals surface area contributed by atoms with Crippen LogP contribution < -0.4 is 0 Å². The first-order chi connectivity index (χ1) is 13.3. The first kappa shape index (κ1) is 16.7. The third-order valence-electron chi connectivity index (χ3n) is 4.58. The predicted octanol–water partition coefficient (Wildman–Crippen LogP) is 4.38. The Labute approximate surface area is 158 Å². The largest absolute Gasteiger partial charge is 0.321 e. The summed E-state index contributed by atoms with van der Waals surface area (Å²) in [5, 5.41) is 8.98. The van der Waals surface area contributed by atoms with E-state index in [4.69, 9.17) is 5.26 Å². The van der Waals surface area contributed by atoms with Gasteiger partial charge in [-0.3, -0.25) is 4.98 Å². The van der Waals surface area contributed by atoms with Crippen LogP contribution in [0.25, 0.3) is 0 Å². The van der Waals surface area contributed by atoms with Gasteiger partial charge in [-0.15, -0.1) is 0 Å². The normalized spacial score (nSPS) is 11.7. The van der Waals surface area contributed by atoms with E-state index in [1.165, 1.54) is 0 Å². The minimum absolute atomic E-state index is 0.0386. The van der Waals surface area contributed by atoms with Gasteiger partial charge in [0.1, 0.15) is 6.04 Å². The van der Waals surface area contributed by atoms with E-state index >= 15 is 0 Å². The molecule has 1 atom stereocenters. The van der Waals surface area contributed by atoms with E-state index in [0.717, 1.165) is 28.9 Å². The SMILES string of the molecule is N#Cc1ccc(Cc2cncn2C(c2ccccc2)c2ccccn2)cc1. The van der Waals surface area contributed by atoms with Gasteiger partial charge < -0.3 is 4.57 Å². The maximum Gasteiger partial charge on any atom is 0.102 e. The number of aromatic nitrogens is 3. The van der Waals surface area contributed by atoms with Crippen LogP contribution in [0.5, 0.6) is 0 Å². The highest BCUT2D eigenvalue weighted by atomic mass is 15.1. The molecular formula is C23H18N4. The molecule has 0 aliphatic heterocycles. The van der Waals surface area contributed by atoms with Crippen molar-refractivity contribution in [2.75, 3.05) is 0 Å². The molecule has 2 aromatic heterocycles. The zero-order valence-corrected chi connectivity index (χ0v) is 14.7. The van der Waals surface area contributed by atoms with Crippen molar-refractivity contribution >= 4 is 0 Å². The average molecular weight is 350 g/mol. The molecule has 0 aliphatic carbocycles. The Balaban J connectivity index is 1.74. The molecule has 4 heteroatoms. The Hall–Kier alpha value is -3.71. The summed E-state index contributed by atoms with van der Waals surface area (Å²) >= 11 is 0. The fourth-order valence-electron chi connectivity index (χ4n) is 3.25. The Morgan fingerprint density at radius 3 is 2.41 bits per heavy atom. The van der Waals surface area contributed by atoms with Crippen LogP contribution in [0, 0.1) is 11.3 Å². The average Bonchev–Trinajstić information content (AvgIpc) is 3.18. The molecule has 4 rings (SSSR count). The summed E-state index contributed by atoms with van der Waals surface area (Å²) in [6.07, 6.45) is 6.33. The highest BCUT2D eigenvalue weighted by Crippen LogP contribution is 2.27. The molecule has 0 fully saturated rings. The van der Waals surface area contributed by atoms with Gasteiger partial charge in [-0.2, -0.15) is 5.26 Å². The van der Waals surface area contributed by atoms with Crippen LogP contribution in [-0.4, -0.2) is 14.5 Å². The van der Waals surface area contributed by atoms with Gasteiger partial charge in [-0.25, -0.2) is 4.98 Å². The standard InChI is InChI=1S/C23H18N4/c24-15-19-11-9-18(10-12-19)14-21-16-25-17-27(21)23(20-6-2-1-3-7-20)22-8-4-5-13-26-22/h1-13,16-17,23H,14H2. The summed E-state index contributed by atoms with van der Waals surface area (Å²) in [4.78, 5) is 9.00. The van der Waals surface area contributed by atoms with Crippen LogP contribution in [0.2, 0.25) is 0 Å². The molecule has 0 radical (unpaired) electrons. The zero-order valence-electron chi connectivity index (χ0n) is 14.7. The van der Waals surface area contributed by atoms with Crippen molar-refractivity contribution in [1.82, 2.24) is 14.5 Å². The van der Waals surface area contributed by atoms with Gasteiger partial charge in [-0.1, -0.05) is 48.5 Å². The summed E-state index contributed by atoms with van der Waals surface area (Å²) in [5.74, 6) is 0. The fourth-order valence-corrected chi connectivity index (χ4v) is 3.25. The lowest BCUT2D eigenvalue weighted by Crippen LogP contribution is -2.15. The third kappa shape index (κ3) is 3.63. The second kappa shape index (κ2) is 7.67. The molecule has 2 aromatic carbocycles. The van der Waals surface area contributed by atoms with E-state index in [0.29, 0.717) is 5.56 Å². The van der Waals surface area contributed by atoms with Gasteiger partial charge in [-0.05, 0) is 35.4 Å². The van der Waals surface area contributed by atoms with Crippen molar-refractivity contribution in [1.29, 1.82) is 5.26 Å². The van der Waals surface area contributed by atoms with Crippen molar-refractivity contribution in [2.45, 2.75) is 12.5 Å². The number of pyridine rings is 1. The Morgan fingerprint density at radius 2 is 1.70 bits per heavy atom. The van der Waals surface area contributed by atoms with E-state index in [-0.39, 0.29) is 6.04 Å². The molecular weight excluding hydrogens is 332 g/mol. The van der Waals surface area contributed by atoms with Crippen molar-refractivity contribution < 1.29 is 0 Å². The minimum Gasteiger partial charge on any atom is -0.321 e. The van der Waals surface area contributed by atoms with Gasteiger partial charge in [0.15, 0.2) is 0 Å². The lowest BCUT2D eigenvalue weighted by atomic mass is 10.0. The maximum absolute atomic E-state index is 8.98. The van der Waals surface area contributed by atoms with Crippen LogP contribution in [0.4, 0.5) is 0 Å². The molecule has 1 unspecified atom stereocenters. The van der Waals surface area contributed by atoms with Crippen molar-refractivity contribution in [2.24, 2.45) is 0 Å². The summed E-state index contributed by atoms with van der Waals surface area (Å²) < 4.78 is 2.18. The van der Waals surface area contributed by atoms with Gasteiger partial charge in [0, 0.05) is 24.5 Å². The van der Waals surface area contributed by atoms with Gasteiger partial charge in [0.05, 0.1) is 23.7 Å². The molecule has 27 heavy (non-hydrogen) atoms. The number of hydrogen-bond donors (Lipinski definition) is 0. The Morgan fingerprint density at radius 1 is 0.926 bits per heavy atom. The number of nitrogens with zero attached hydrogens (tertiary/aromatic N) is 4. The molecule has 0 aliphatic rings. The first-order valence-corrected chi connectivity index (χ1v) is 8.81. The molecule has 0 amide bonds. The quantitative estimate of drug-likeness (QED) is 0.537. The smallest absolute Gasteiger partial charge is 0.102 e.